The first-order valence-corrected chi connectivity index (χ1v) is 8.73. The molecule has 1 aliphatic rings. The van der Waals surface area contributed by atoms with E-state index < -0.39 is 18.8 Å². The van der Waals surface area contributed by atoms with Crippen molar-refractivity contribution in [1.29, 1.82) is 0 Å². The molecule has 154 valence electrons. The molecule has 1 amide bonds. The number of carbonyl (C=O) groups is 1. The number of halogens is 4. The van der Waals surface area contributed by atoms with Gasteiger partial charge in [0, 0.05) is 39.1 Å². The van der Waals surface area contributed by atoms with Crippen molar-refractivity contribution in [2.45, 2.75) is 31.5 Å². The van der Waals surface area contributed by atoms with Gasteiger partial charge in [-0.05, 0) is 23.6 Å². The van der Waals surface area contributed by atoms with Crippen LogP contribution in [0.15, 0.2) is 24.3 Å². The number of rotatable bonds is 7. The number of benzene rings is 1. The fourth-order valence-electron chi connectivity index (χ4n) is 3.07. The Morgan fingerprint density at radius 1 is 1.33 bits per heavy atom. The van der Waals surface area contributed by atoms with Crippen molar-refractivity contribution in [3.8, 4) is 5.75 Å². The summed E-state index contributed by atoms with van der Waals surface area (Å²) < 4.78 is 45.2. The van der Waals surface area contributed by atoms with Crippen molar-refractivity contribution in [3.05, 3.63) is 29.8 Å². The van der Waals surface area contributed by atoms with Crippen LogP contribution in [0.1, 0.15) is 24.8 Å². The molecule has 0 aliphatic carbocycles. The van der Waals surface area contributed by atoms with Crippen LogP contribution in [0, 0.1) is 0 Å². The molecule has 0 radical (unpaired) electrons. The lowest BCUT2D eigenvalue weighted by atomic mass is 9.97. The Morgan fingerprint density at radius 2 is 2.00 bits per heavy atom. The molecule has 0 aromatic heterocycles. The zero-order valence-electron chi connectivity index (χ0n) is 15.5. The number of hydrogen-bond acceptors (Lipinski definition) is 4. The number of nitrogens with one attached hydrogen (secondary N) is 2. The fourth-order valence-corrected chi connectivity index (χ4v) is 3.07. The molecule has 2 N–H and O–H groups in total. The van der Waals surface area contributed by atoms with Gasteiger partial charge in [0.1, 0.15) is 11.8 Å². The van der Waals surface area contributed by atoms with Gasteiger partial charge in [-0.2, -0.15) is 13.2 Å². The molecule has 1 aromatic carbocycles. The third-order valence-corrected chi connectivity index (χ3v) is 4.62. The van der Waals surface area contributed by atoms with E-state index in [1.54, 1.807) is 13.2 Å². The van der Waals surface area contributed by atoms with Crippen molar-refractivity contribution in [1.82, 2.24) is 15.5 Å². The Bertz CT molecular complexity index is 595. The highest BCUT2D eigenvalue weighted by atomic mass is 35.5. The lowest BCUT2D eigenvalue weighted by molar-refractivity contribution is -0.184. The average Bonchev–Trinajstić information content (AvgIpc) is 2.61. The number of ether oxygens (including phenoxy) is 1. The molecule has 1 fully saturated rings. The summed E-state index contributed by atoms with van der Waals surface area (Å²) in [6.07, 6.45) is -4.25. The number of piperazine rings is 1. The zero-order valence-corrected chi connectivity index (χ0v) is 16.3. The van der Waals surface area contributed by atoms with Crippen LogP contribution in [0.5, 0.6) is 5.75 Å². The molecular formula is C18H27ClF3N3O2. The van der Waals surface area contributed by atoms with Crippen LogP contribution in [0.25, 0.3) is 0 Å². The summed E-state index contributed by atoms with van der Waals surface area (Å²) in [7, 11) is 1.56. The maximum Gasteiger partial charge on any atom is 0.405 e. The van der Waals surface area contributed by atoms with Crippen molar-refractivity contribution in [3.63, 3.8) is 0 Å². The number of carbonyl (C=O) groups excluding carboxylic acids is 1. The number of hydrogen-bond donors (Lipinski definition) is 2. The van der Waals surface area contributed by atoms with Crippen LogP contribution < -0.4 is 15.4 Å². The van der Waals surface area contributed by atoms with E-state index in [-0.39, 0.29) is 30.7 Å². The first kappa shape index (κ1) is 23.5. The minimum absolute atomic E-state index is 0. The van der Waals surface area contributed by atoms with Gasteiger partial charge in [0.25, 0.3) is 0 Å². The van der Waals surface area contributed by atoms with E-state index in [9.17, 15) is 18.0 Å². The molecule has 1 aromatic rings. The van der Waals surface area contributed by atoms with Gasteiger partial charge in [-0.1, -0.05) is 19.1 Å². The van der Waals surface area contributed by atoms with Crippen LogP contribution in [0.2, 0.25) is 0 Å². The Kier molecular flexibility index (Phi) is 9.35. The van der Waals surface area contributed by atoms with Gasteiger partial charge in [-0.25, -0.2) is 0 Å². The van der Waals surface area contributed by atoms with Gasteiger partial charge >= 0.3 is 6.18 Å². The predicted molar refractivity (Wildman–Crippen MR) is 101 cm³/mol. The van der Waals surface area contributed by atoms with Crippen molar-refractivity contribution in [2.24, 2.45) is 0 Å². The number of amides is 1. The van der Waals surface area contributed by atoms with E-state index in [4.69, 9.17) is 4.74 Å². The first-order valence-electron chi connectivity index (χ1n) is 8.73. The Hall–Kier alpha value is -1.51. The van der Waals surface area contributed by atoms with E-state index in [0.717, 1.165) is 5.56 Å². The summed E-state index contributed by atoms with van der Waals surface area (Å²) in [4.78, 5) is 13.5. The minimum Gasteiger partial charge on any atom is -0.497 e. The van der Waals surface area contributed by atoms with Gasteiger partial charge in [0.15, 0.2) is 0 Å². The third-order valence-electron chi connectivity index (χ3n) is 4.62. The maximum absolute atomic E-state index is 13.3. The van der Waals surface area contributed by atoms with Gasteiger partial charge in [0.05, 0.1) is 7.11 Å². The zero-order chi connectivity index (χ0) is 19.2. The molecule has 5 nitrogen and oxygen atoms in total. The first-order chi connectivity index (χ1) is 12.3. The third kappa shape index (κ3) is 7.20. The minimum atomic E-state index is -4.37. The van der Waals surface area contributed by atoms with Gasteiger partial charge in [0.2, 0.25) is 5.91 Å². The lowest BCUT2D eigenvalue weighted by Gasteiger charge is -2.36. The molecule has 1 saturated heterocycles. The Morgan fingerprint density at radius 3 is 2.59 bits per heavy atom. The van der Waals surface area contributed by atoms with E-state index >= 15 is 0 Å². The average molecular weight is 410 g/mol. The van der Waals surface area contributed by atoms with Gasteiger partial charge in [-0.3, -0.25) is 9.69 Å². The summed E-state index contributed by atoms with van der Waals surface area (Å²) in [5.41, 5.74) is 0.911. The summed E-state index contributed by atoms with van der Waals surface area (Å²) in [6, 6.07) is 5.68. The summed E-state index contributed by atoms with van der Waals surface area (Å²) in [6.45, 7) is 3.13. The Labute approximate surface area is 164 Å². The van der Waals surface area contributed by atoms with Crippen LogP contribution in [-0.2, 0) is 4.79 Å². The van der Waals surface area contributed by atoms with Crippen LogP contribution in [0.3, 0.4) is 0 Å². The molecule has 2 unspecified atom stereocenters. The van der Waals surface area contributed by atoms with Gasteiger partial charge in [-0.15, -0.1) is 12.4 Å². The normalized spacial score (nSPS) is 17.5. The highest BCUT2D eigenvalue weighted by molar-refractivity contribution is 5.85. The quantitative estimate of drug-likeness (QED) is 0.726. The monoisotopic (exact) mass is 409 g/mol. The number of nitrogens with zero attached hydrogens (tertiary/aromatic N) is 1. The molecular weight excluding hydrogens is 383 g/mol. The second-order valence-electron chi connectivity index (χ2n) is 6.53. The molecule has 9 heteroatoms. The highest BCUT2D eigenvalue weighted by Gasteiger charge is 2.43. The lowest BCUT2D eigenvalue weighted by Crippen LogP contribution is -2.57. The second-order valence-corrected chi connectivity index (χ2v) is 6.53. The van der Waals surface area contributed by atoms with Crippen LogP contribution in [0.4, 0.5) is 13.2 Å². The van der Waals surface area contributed by atoms with E-state index in [1.165, 1.54) is 4.90 Å². The highest BCUT2D eigenvalue weighted by Crippen LogP contribution is 2.26. The van der Waals surface area contributed by atoms with Crippen molar-refractivity contribution < 1.29 is 22.7 Å². The smallest absolute Gasteiger partial charge is 0.405 e. The van der Waals surface area contributed by atoms with Crippen LogP contribution >= 0.6 is 12.4 Å². The van der Waals surface area contributed by atoms with Crippen LogP contribution in [-0.4, -0.2) is 62.9 Å². The van der Waals surface area contributed by atoms with Crippen molar-refractivity contribution >= 4 is 18.3 Å². The number of alkyl halides is 3. The Balaban J connectivity index is 0.00000364. The molecule has 1 aliphatic heterocycles. The van der Waals surface area contributed by atoms with E-state index in [0.29, 0.717) is 31.9 Å². The summed E-state index contributed by atoms with van der Waals surface area (Å²) >= 11 is 0. The second kappa shape index (κ2) is 10.7. The topological polar surface area (TPSA) is 53.6 Å². The molecule has 0 bridgehead atoms. The summed E-state index contributed by atoms with van der Waals surface area (Å²) in [5, 5.41) is 5.50. The predicted octanol–water partition coefficient (Wildman–Crippen LogP) is 2.56. The van der Waals surface area contributed by atoms with Gasteiger partial charge < -0.3 is 15.4 Å². The summed E-state index contributed by atoms with van der Waals surface area (Å²) in [5.74, 6) is 0.184. The largest absolute Gasteiger partial charge is 0.497 e. The van der Waals surface area contributed by atoms with E-state index in [2.05, 4.69) is 10.6 Å². The standard InChI is InChI=1S/C18H26F3N3O2.ClH/c1-13(14-4-3-5-15(11-14)26-2)10-17(25)23-12-16(18(19,20)21)24-8-6-22-7-9-24;/h3-5,11,13,16,22H,6-10,12H2,1-2H3,(H,23,25);1H. The molecule has 2 atom stereocenters. The molecule has 0 spiro atoms. The van der Waals surface area contributed by atoms with Crippen molar-refractivity contribution in [2.75, 3.05) is 39.8 Å². The fraction of sp³-hybridized carbons (Fsp3) is 0.611. The number of methoxy groups -OCH3 is 1. The molecule has 2 rings (SSSR count). The van der Waals surface area contributed by atoms with E-state index in [1.807, 2.05) is 25.1 Å². The molecule has 0 saturated carbocycles. The maximum atomic E-state index is 13.3. The SMILES string of the molecule is COc1cccc(C(C)CC(=O)NCC(N2CCNCC2)C(F)(F)F)c1.Cl. The molecule has 27 heavy (non-hydrogen) atoms. The molecule has 1 heterocycles.